The van der Waals surface area contributed by atoms with Crippen molar-refractivity contribution in [2.45, 2.75) is 30.9 Å². The van der Waals surface area contributed by atoms with Gasteiger partial charge in [0, 0.05) is 13.0 Å². The van der Waals surface area contributed by atoms with Gasteiger partial charge in [0.15, 0.2) is 0 Å². The van der Waals surface area contributed by atoms with Crippen molar-refractivity contribution in [3.05, 3.63) is 30.1 Å². The van der Waals surface area contributed by atoms with Crippen molar-refractivity contribution < 1.29 is 4.79 Å². The molecule has 1 fully saturated rings. The highest BCUT2D eigenvalue weighted by Crippen LogP contribution is 2.37. The fourth-order valence-corrected chi connectivity index (χ4v) is 3.79. The minimum Gasteiger partial charge on any atom is -0.354 e. The molecule has 1 unspecified atom stereocenters. The first-order valence-electron chi connectivity index (χ1n) is 7.03. The molecule has 0 radical (unpaired) electrons. The monoisotopic (exact) mass is 289 g/mol. The van der Waals surface area contributed by atoms with Gasteiger partial charge in [0.05, 0.1) is 15.8 Å². The standard InChI is InChI=1S/C15H19N3OS/c1-15(8-4-10-20-15)14(19)16-9-7-13-17-11-5-2-3-6-12(11)18-13/h2-3,5-6H,4,7-10H2,1H3,(H,16,19)(H,17,18). The lowest BCUT2D eigenvalue weighted by Crippen LogP contribution is -2.41. The highest BCUT2D eigenvalue weighted by atomic mass is 32.2. The third-order valence-electron chi connectivity index (χ3n) is 3.78. The van der Waals surface area contributed by atoms with Gasteiger partial charge < -0.3 is 10.3 Å². The predicted molar refractivity (Wildman–Crippen MR) is 82.9 cm³/mol. The van der Waals surface area contributed by atoms with Crippen LogP contribution in [-0.2, 0) is 11.2 Å². The number of imidazole rings is 1. The number of aromatic nitrogens is 2. The lowest BCUT2D eigenvalue weighted by Gasteiger charge is -2.21. The van der Waals surface area contributed by atoms with Crippen molar-refractivity contribution in [2.75, 3.05) is 12.3 Å². The normalized spacial score (nSPS) is 22.2. The van der Waals surface area contributed by atoms with Crippen LogP contribution in [0.1, 0.15) is 25.6 Å². The molecule has 1 aliphatic rings. The van der Waals surface area contributed by atoms with Gasteiger partial charge in [0.1, 0.15) is 5.82 Å². The Morgan fingerprint density at radius 2 is 2.35 bits per heavy atom. The van der Waals surface area contributed by atoms with Gasteiger partial charge in [0.2, 0.25) is 5.91 Å². The van der Waals surface area contributed by atoms with E-state index in [2.05, 4.69) is 15.3 Å². The van der Waals surface area contributed by atoms with Crippen LogP contribution < -0.4 is 5.32 Å². The molecule has 2 N–H and O–H groups in total. The summed E-state index contributed by atoms with van der Waals surface area (Å²) in [6.07, 6.45) is 2.85. The molecule has 0 spiro atoms. The van der Waals surface area contributed by atoms with E-state index in [0.29, 0.717) is 6.54 Å². The van der Waals surface area contributed by atoms with E-state index >= 15 is 0 Å². The Labute approximate surface area is 122 Å². The smallest absolute Gasteiger partial charge is 0.235 e. The zero-order chi connectivity index (χ0) is 14.0. The van der Waals surface area contributed by atoms with Crippen LogP contribution >= 0.6 is 11.8 Å². The number of nitrogens with zero attached hydrogens (tertiary/aromatic N) is 1. The second kappa shape index (κ2) is 5.48. The lowest BCUT2D eigenvalue weighted by molar-refractivity contribution is -0.123. The van der Waals surface area contributed by atoms with Crippen LogP contribution in [0.3, 0.4) is 0 Å². The molecule has 0 bridgehead atoms. The van der Waals surface area contributed by atoms with Gasteiger partial charge in [-0.05, 0) is 37.7 Å². The van der Waals surface area contributed by atoms with Crippen LogP contribution in [0.15, 0.2) is 24.3 Å². The molecule has 0 aliphatic carbocycles. The number of rotatable bonds is 4. The van der Waals surface area contributed by atoms with Gasteiger partial charge in [-0.3, -0.25) is 4.79 Å². The minimum atomic E-state index is -0.228. The van der Waals surface area contributed by atoms with Crippen LogP contribution in [0, 0.1) is 0 Å². The maximum atomic E-state index is 12.2. The second-order valence-corrected chi connectivity index (χ2v) is 6.99. The highest BCUT2D eigenvalue weighted by Gasteiger charge is 2.36. The summed E-state index contributed by atoms with van der Waals surface area (Å²) in [5.74, 6) is 2.18. The molecule has 1 aromatic heterocycles. The molecule has 1 atom stereocenters. The van der Waals surface area contributed by atoms with Crippen LogP contribution in [-0.4, -0.2) is 32.9 Å². The first-order valence-corrected chi connectivity index (χ1v) is 8.02. The molecule has 3 rings (SSSR count). The Kier molecular flexibility index (Phi) is 3.70. The number of amides is 1. The Bertz CT molecular complexity index is 583. The molecule has 1 aliphatic heterocycles. The van der Waals surface area contributed by atoms with E-state index in [1.165, 1.54) is 0 Å². The van der Waals surface area contributed by atoms with Crippen LogP contribution in [0.2, 0.25) is 0 Å². The molecular weight excluding hydrogens is 270 g/mol. The number of para-hydroxylation sites is 2. The number of H-pyrrole nitrogens is 1. The van der Waals surface area contributed by atoms with Gasteiger partial charge in [-0.15, -0.1) is 11.8 Å². The Hall–Kier alpha value is -1.49. The third-order valence-corrected chi connectivity index (χ3v) is 5.30. The van der Waals surface area contributed by atoms with E-state index in [9.17, 15) is 4.79 Å². The van der Waals surface area contributed by atoms with Crippen molar-refractivity contribution in [1.82, 2.24) is 15.3 Å². The van der Waals surface area contributed by atoms with Gasteiger partial charge in [-0.2, -0.15) is 0 Å². The zero-order valence-electron chi connectivity index (χ0n) is 11.6. The first-order chi connectivity index (χ1) is 9.67. The van der Waals surface area contributed by atoms with Crippen molar-refractivity contribution >= 4 is 28.7 Å². The molecule has 1 amide bonds. The van der Waals surface area contributed by atoms with E-state index in [4.69, 9.17) is 0 Å². The number of aromatic amines is 1. The number of fused-ring (bicyclic) bond motifs is 1. The van der Waals surface area contributed by atoms with E-state index in [0.717, 1.165) is 41.9 Å². The second-order valence-electron chi connectivity index (χ2n) is 5.39. The van der Waals surface area contributed by atoms with Crippen LogP contribution in [0.5, 0.6) is 0 Å². The van der Waals surface area contributed by atoms with Crippen molar-refractivity contribution in [1.29, 1.82) is 0 Å². The molecular formula is C15H19N3OS. The number of carbonyl (C=O) groups excluding carboxylic acids is 1. The van der Waals surface area contributed by atoms with Crippen LogP contribution in [0.4, 0.5) is 0 Å². The molecule has 5 heteroatoms. The molecule has 2 heterocycles. The molecule has 106 valence electrons. The number of benzene rings is 1. The number of thioether (sulfide) groups is 1. The van der Waals surface area contributed by atoms with Gasteiger partial charge in [0.25, 0.3) is 0 Å². The fraction of sp³-hybridized carbons (Fsp3) is 0.467. The van der Waals surface area contributed by atoms with Crippen molar-refractivity contribution in [2.24, 2.45) is 0 Å². The molecule has 2 aromatic rings. The lowest BCUT2D eigenvalue weighted by atomic mass is 10.1. The summed E-state index contributed by atoms with van der Waals surface area (Å²) in [4.78, 5) is 20.0. The average molecular weight is 289 g/mol. The maximum Gasteiger partial charge on any atom is 0.235 e. The predicted octanol–water partition coefficient (Wildman–Crippen LogP) is 2.51. The fourth-order valence-electron chi connectivity index (χ4n) is 2.56. The molecule has 0 saturated carbocycles. The van der Waals surface area contributed by atoms with Crippen molar-refractivity contribution in [3.8, 4) is 0 Å². The third kappa shape index (κ3) is 2.68. The van der Waals surface area contributed by atoms with E-state index in [-0.39, 0.29) is 10.7 Å². The summed E-state index contributed by atoms with van der Waals surface area (Å²) < 4.78 is -0.228. The van der Waals surface area contributed by atoms with E-state index < -0.39 is 0 Å². The molecule has 4 nitrogen and oxygen atoms in total. The summed E-state index contributed by atoms with van der Waals surface area (Å²) in [7, 11) is 0. The van der Waals surface area contributed by atoms with Crippen molar-refractivity contribution in [3.63, 3.8) is 0 Å². The number of carbonyl (C=O) groups is 1. The largest absolute Gasteiger partial charge is 0.354 e. The number of nitrogens with one attached hydrogen (secondary N) is 2. The van der Waals surface area contributed by atoms with Gasteiger partial charge in [-0.1, -0.05) is 12.1 Å². The summed E-state index contributed by atoms with van der Waals surface area (Å²) in [6, 6.07) is 7.97. The summed E-state index contributed by atoms with van der Waals surface area (Å²) in [6.45, 7) is 2.68. The quantitative estimate of drug-likeness (QED) is 0.909. The first kappa shape index (κ1) is 13.5. The molecule has 20 heavy (non-hydrogen) atoms. The summed E-state index contributed by atoms with van der Waals surface area (Å²) >= 11 is 1.77. The van der Waals surface area contributed by atoms with Gasteiger partial charge in [-0.25, -0.2) is 4.98 Å². The topological polar surface area (TPSA) is 57.8 Å². The van der Waals surface area contributed by atoms with Crippen LogP contribution in [0.25, 0.3) is 11.0 Å². The maximum absolute atomic E-state index is 12.2. The average Bonchev–Trinajstić information content (AvgIpc) is 3.05. The Morgan fingerprint density at radius 3 is 3.10 bits per heavy atom. The molecule has 1 aromatic carbocycles. The van der Waals surface area contributed by atoms with Gasteiger partial charge >= 0.3 is 0 Å². The van der Waals surface area contributed by atoms with E-state index in [1.54, 1.807) is 11.8 Å². The summed E-state index contributed by atoms with van der Waals surface area (Å²) in [5, 5.41) is 3.04. The van der Waals surface area contributed by atoms with E-state index in [1.807, 2.05) is 31.2 Å². The Balaban J connectivity index is 1.56. The minimum absolute atomic E-state index is 0.163. The molecule has 1 saturated heterocycles. The number of hydrogen-bond donors (Lipinski definition) is 2. The zero-order valence-corrected chi connectivity index (χ0v) is 12.4. The SMILES string of the molecule is CC1(C(=O)NCCc2nc3ccccc3[nH]2)CCCS1. The summed E-state index contributed by atoms with van der Waals surface area (Å²) in [5.41, 5.74) is 2.03. The highest BCUT2D eigenvalue weighted by molar-refractivity contribution is 8.01. The number of hydrogen-bond acceptors (Lipinski definition) is 3. The Morgan fingerprint density at radius 1 is 1.50 bits per heavy atom.